The Labute approximate surface area is 243 Å². The number of aliphatic hydroxyl groups is 1. The molecule has 0 spiro atoms. The summed E-state index contributed by atoms with van der Waals surface area (Å²) in [6, 6.07) is 7.40. The van der Waals surface area contributed by atoms with Crippen molar-refractivity contribution < 1.29 is 19.4 Å². The van der Waals surface area contributed by atoms with Crippen LogP contribution in [0.15, 0.2) is 43.1 Å². The summed E-state index contributed by atoms with van der Waals surface area (Å²) in [6.07, 6.45) is 7.11. The third kappa shape index (κ3) is 4.04. The average molecular weight is 566 g/mol. The van der Waals surface area contributed by atoms with Gasteiger partial charge in [-0.2, -0.15) is 12.6 Å². The predicted octanol–water partition coefficient (Wildman–Crippen LogP) is 5.67. The zero-order valence-electron chi connectivity index (χ0n) is 24.4. The van der Waals surface area contributed by atoms with Crippen LogP contribution in [-0.2, 0) is 27.5 Å². The van der Waals surface area contributed by atoms with Crippen molar-refractivity contribution in [1.82, 2.24) is 15.0 Å². The van der Waals surface area contributed by atoms with Gasteiger partial charge in [-0.25, -0.2) is 4.68 Å². The Bertz CT molecular complexity index is 1310. The van der Waals surface area contributed by atoms with Gasteiger partial charge < -0.3 is 9.84 Å². The molecule has 0 saturated heterocycles. The number of allylic oxidation sites excluding steroid dienone is 1. The molecule has 1 aromatic carbocycles. The number of nitrogens with zero attached hydrogens (tertiary/aromatic N) is 3. The fraction of sp³-hybridized carbons (Fsp3) is 0.625. The van der Waals surface area contributed by atoms with Gasteiger partial charge >= 0.3 is 5.97 Å². The first-order chi connectivity index (χ1) is 18.9. The van der Waals surface area contributed by atoms with E-state index in [1.54, 1.807) is 6.20 Å². The molecule has 1 N–H and O–H groups in total. The number of thiol groups is 1. The number of Topliss-reactive ketones (excluding diaryl/α,β-unsaturated/α-hetero) is 1. The van der Waals surface area contributed by atoms with Crippen LogP contribution in [0.1, 0.15) is 72.3 Å². The van der Waals surface area contributed by atoms with Crippen molar-refractivity contribution in [3.05, 3.63) is 48.7 Å². The van der Waals surface area contributed by atoms with Gasteiger partial charge in [0.2, 0.25) is 0 Å². The molecule has 3 aliphatic rings. The fourth-order valence-corrected chi connectivity index (χ4v) is 9.39. The molecule has 0 aliphatic heterocycles. The van der Waals surface area contributed by atoms with Crippen LogP contribution < -0.4 is 0 Å². The molecule has 1 heterocycles. The van der Waals surface area contributed by atoms with Crippen molar-refractivity contribution in [2.45, 2.75) is 90.7 Å². The molecule has 2 bridgehead atoms. The Balaban J connectivity index is 1.47. The summed E-state index contributed by atoms with van der Waals surface area (Å²) >= 11 is 5.39. The number of aromatic nitrogens is 3. The molecule has 7 nitrogen and oxygen atoms in total. The highest BCUT2D eigenvalue weighted by molar-refractivity contribution is 7.83. The van der Waals surface area contributed by atoms with Crippen LogP contribution in [0.3, 0.4) is 0 Å². The maximum Gasteiger partial charge on any atom is 0.328 e. The van der Waals surface area contributed by atoms with E-state index in [0.29, 0.717) is 18.5 Å². The van der Waals surface area contributed by atoms with Gasteiger partial charge in [0.05, 0.1) is 17.6 Å². The van der Waals surface area contributed by atoms with Crippen molar-refractivity contribution in [3.63, 3.8) is 0 Å². The molecule has 40 heavy (non-hydrogen) atoms. The predicted molar refractivity (Wildman–Crippen MR) is 157 cm³/mol. The second kappa shape index (κ2) is 10.1. The van der Waals surface area contributed by atoms with Crippen molar-refractivity contribution in [2.75, 3.05) is 0 Å². The number of benzene rings is 1. The van der Waals surface area contributed by atoms with Gasteiger partial charge in [0.1, 0.15) is 24.1 Å². The third-order valence-corrected chi connectivity index (χ3v) is 12.9. The molecule has 216 valence electrons. The highest BCUT2D eigenvalue weighted by Gasteiger charge is 2.75. The summed E-state index contributed by atoms with van der Waals surface area (Å²) in [7, 11) is 0. The first-order valence-electron chi connectivity index (χ1n) is 14.6. The number of hydrogen-bond donors (Lipinski definition) is 2. The lowest BCUT2D eigenvalue weighted by Gasteiger charge is -2.66. The summed E-state index contributed by atoms with van der Waals surface area (Å²) in [6.45, 7) is 15.2. The number of carbonyl (C=O) groups excluding carboxylic acids is 2. The second-order valence-electron chi connectivity index (χ2n) is 13.1. The number of rotatable bonds is 6. The minimum atomic E-state index is -0.875. The average Bonchev–Trinajstić information content (AvgIpc) is 3.52. The smallest absolute Gasteiger partial charge is 0.328 e. The van der Waals surface area contributed by atoms with Crippen LogP contribution in [0.25, 0.3) is 11.3 Å². The van der Waals surface area contributed by atoms with E-state index in [0.717, 1.165) is 30.4 Å². The molecule has 0 amide bonds. The van der Waals surface area contributed by atoms with E-state index in [1.165, 1.54) is 4.68 Å². The van der Waals surface area contributed by atoms with Crippen molar-refractivity contribution >= 4 is 24.4 Å². The summed E-state index contributed by atoms with van der Waals surface area (Å²) in [5, 5.41) is 17.7. The molecule has 3 fully saturated rings. The Morgan fingerprint density at radius 3 is 2.55 bits per heavy atom. The largest absolute Gasteiger partial charge is 0.460 e. The van der Waals surface area contributed by atoms with Gasteiger partial charge in [-0.05, 0) is 59.8 Å². The van der Waals surface area contributed by atoms with Gasteiger partial charge in [0.15, 0.2) is 0 Å². The topological polar surface area (TPSA) is 94.3 Å². The summed E-state index contributed by atoms with van der Waals surface area (Å²) in [4.78, 5) is 27.4. The van der Waals surface area contributed by atoms with Crippen LogP contribution in [-0.4, -0.2) is 42.7 Å². The number of esters is 1. The SMILES string of the molecule is C=C[C@]1(C)CC(OC(=O)Cn2cc(-c3ccc(CO)cc3)nn2)[C@]2(C)C(C)CC[C@]3(CCC(=O)C32S)C(C)[C@@H]1C. The molecule has 3 saturated carbocycles. The molecule has 2 aromatic rings. The van der Waals surface area contributed by atoms with Crippen molar-refractivity contribution in [2.24, 2.45) is 34.0 Å². The Morgan fingerprint density at radius 2 is 1.90 bits per heavy atom. The molecule has 8 heteroatoms. The Hall–Kier alpha value is -2.45. The first-order valence-corrected chi connectivity index (χ1v) is 15.0. The molecule has 5 rings (SSSR count). The van der Waals surface area contributed by atoms with Crippen LogP contribution in [0, 0.1) is 34.0 Å². The second-order valence-corrected chi connectivity index (χ2v) is 13.8. The van der Waals surface area contributed by atoms with E-state index in [9.17, 15) is 14.7 Å². The molecular weight excluding hydrogens is 522 g/mol. The van der Waals surface area contributed by atoms with Crippen LogP contribution in [0.2, 0.25) is 0 Å². The molecule has 1 aromatic heterocycles. The first kappa shape index (κ1) is 29.1. The Morgan fingerprint density at radius 1 is 1.20 bits per heavy atom. The van der Waals surface area contributed by atoms with Gasteiger partial charge in [0.25, 0.3) is 0 Å². The number of carbonyl (C=O) groups is 2. The lowest BCUT2D eigenvalue weighted by Crippen LogP contribution is -2.70. The highest BCUT2D eigenvalue weighted by atomic mass is 32.1. The van der Waals surface area contributed by atoms with Crippen LogP contribution >= 0.6 is 12.6 Å². The maximum atomic E-state index is 13.9. The van der Waals surface area contributed by atoms with Crippen molar-refractivity contribution in [3.8, 4) is 11.3 Å². The minimum Gasteiger partial charge on any atom is -0.460 e. The molecule has 4 unspecified atom stereocenters. The maximum absolute atomic E-state index is 13.9. The van der Waals surface area contributed by atoms with E-state index in [1.807, 2.05) is 30.3 Å². The van der Waals surface area contributed by atoms with Gasteiger partial charge in [0, 0.05) is 17.4 Å². The fourth-order valence-electron chi connectivity index (χ4n) is 8.48. The van der Waals surface area contributed by atoms with Gasteiger partial charge in [-0.1, -0.05) is 70.2 Å². The van der Waals surface area contributed by atoms with E-state index < -0.39 is 22.2 Å². The molecule has 8 atom stereocenters. The number of ether oxygens (including phenoxy) is 1. The summed E-state index contributed by atoms with van der Waals surface area (Å²) in [5.41, 5.74) is 1.12. The zero-order valence-corrected chi connectivity index (χ0v) is 25.3. The van der Waals surface area contributed by atoms with E-state index in [2.05, 4.69) is 51.5 Å². The summed E-state index contributed by atoms with van der Waals surface area (Å²) < 4.78 is 7.05. The summed E-state index contributed by atoms with van der Waals surface area (Å²) in [5.74, 6) is 0.434. The molecular formula is C32H43N3O4S. The number of ketones is 1. The van der Waals surface area contributed by atoms with E-state index >= 15 is 0 Å². The monoisotopic (exact) mass is 565 g/mol. The zero-order chi connectivity index (χ0) is 29.1. The van der Waals surface area contributed by atoms with Crippen LogP contribution in [0.5, 0.6) is 0 Å². The highest BCUT2D eigenvalue weighted by Crippen LogP contribution is 2.73. The normalized spacial score (nSPS) is 39.2. The van der Waals surface area contributed by atoms with Gasteiger partial charge in [-0.3, -0.25) is 9.59 Å². The number of hydrogen-bond acceptors (Lipinski definition) is 7. The van der Waals surface area contributed by atoms with Crippen LogP contribution in [0.4, 0.5) is 0 Å². The molecule has 3 aliphatic carbocycles. The van der Waals surface area contributed by atoms with E-state index in [-0.39, 0.29) is 47.5 Å². The van der Waals surface area contributed by atoms with E-state index in [4.69, 9.17) is 17.4 Å². The minimum absolute atomic E-state index is 0.0274. The molecule has 0 radical (unpaired) electrons. The van der Waals surface area contributed by atoms with Crippen molar-refractivity contribution in [1.29, 1.82) is 0 Å². The Kier molecular flexibility index (Phi) is 7.35. The third-order valence-electron chi connectivity index (χ3n) is 11.7. The lowest BCUT2D eigenvalue weighted by molar-refractivity contribution is -0.190. The quantitative estimate of drug-likeness (QED) is 0.266. The number of aliphatic hydroxyl groups excluding tert-OH is 1. The van der Waals surface area contributed by atoms with Gasteiger partial charge in [-0.15, -0.1) is 11.7 Å². The lowest BCUT2D eigenvalue weighted by atomic mass is 9.42. The standard InChI is InChI=1S/C32H43N3O4S/c1-7-29(5)16-27(39-28(38)18-35-17-25(33-34-35)24-10-8-23(19-36)9-11-24)30(6)20(2)12-14-31(22(4)21(29)3)15-13-26(37)32(30,31)40/h7-11,17,20-22,27,36,40H,1,12-16,18-19H2,2-6H3/t20?,21-,22?,27?,29+,30-,31-,32?/m0/s1.